The predicted octanol–water partition coefficient (Wildman–Crippen LogP) is 4.04. The fourth-order valence-corrected chi connectivity index (χ4v) is 3.25. The Morgan fingerprint density at radius 1 is 1.06 bits per heavy atom. The first-order chi connectivity index (χ1) is 15.0. The summed E-state index contributed by atoms with van der Waals surface area (Å²) < 4.78 is 10.4. The first-order valence-electron chi connectivity index (χ1n) is 10.7. The summed E-state index contributed by atoms with van der Waals surface area (Å²) in [5.41, 5.74) is 1.30. The van der Waals surface area contributed by atoms with E-state index >= 15 is 0 Å². The molecule has 2 aromatic rings. The van der Waals surface area contributed by atoms with Crippen LogP contribution in [0.1, 0.15) is 61.6 Å². The monoisotopic (exact) mass is 425 g/mol. The topological polar surface area (TPSA) is 104 Å². The molecule has 166 valence electrons. The molecule has 1 saturated carbocycles. The lowest BCUT2D eigenvalue weighted by atomic mass is 10.0. The summed E-state index contributed by atoms with van der Waals surface area (Å²) in [6, 6.07) is 11.9. The number of nitriles is 1. The smallest absolute Gasteiger partial charge is 0.287 e. The molecule has 1 atom stereocenters. The number of nitrogens with zero attached hydrogens (tertiary/aromatic N) is 1. The molecule has 7 nitrogen and oxygen atoms in total. The van der Waals surface area contributed by atoms with Gasteiger partial charge in [-0.1, -0.05) is 38.5 Å². The van der Waals surface area contributed by atoms with E-state index in [1.165, 1.54) is 44.6 Å². The van der Waals surface area contributed by atoms with Crippen LogP contribution in [0, 0.1) is 11.3 Å². The third-order valence-corrected chi connectivity index (χ3v) is 4.86. The van der Waals surface area contributed by atoms with E-state index in [9.17, 15) is 9.59 Å². The highest BCUT2D eigenvalue weighted by molar-refractivity contribution is 5.94. The zero-order chi connectivity index (χ0) is 22.5. The van der Waals surface area contributed by atoms with E-state index in [4.69, 9.17) is 14.4 Å². The third-order valence-electron chi connectivity index (χ3n) is 4.86. The minimum Gasteiger partial charge on any atom is -0.451 e. The van der Waals surface area contributed by atoms with Crippen LogP contribution in [-0.4, -0.2) is 38.1 Å². The Morgan fingerprint density at radius 2 is 1.68 bits per heavy atom. The van der Waals surface area contributed by atoms with Crippen molar-refractivity contribution in [2.45, 2.75) is 51.5 Å². The van der Waals surface area contributed by atoms with Gasteiger partial charge in [-0.25, -0.2) is 0 Å². The molecule has 0 bridgehead atoms. The number of benzene rings is 1. The standard InChI is InChI=1S/C18H19N3O4.C6H12/c1-12(11-24-2)21-17(22)10-20-18(23)16-8-7-15(25-16)14-5-3-13(9-19)4-6-14;1-2-4-6-5-3-1/h3-8,12H,10-11H2,1-2H3,(H,20,23)(H,21,22);1-6H2. The number of carbonyl (C=O) groups is 2. The van der Waals surface area contributed by atoms with E-state index in [0.29, 0.717) is 17.9 Å². The van der Waals surface area contributed by atoms with E-state index < -0.39 is 5.91 Å². The van der Waals surface area contributed by atoms with Crippen LogP contribution in [0.5, 0.6) is 0 Å². The molecule has 0 aliphatic heterocycles. The average Bonchev–Trinajstić information content (AvgIpc) is 3.30. The number of methoxy groups -OCH3 is 1. The molecule has 1 aliphatic carbocycles. The molecular weight excluding hydrogens is 394 g/mol. The van der Waals surface area contributed by atoms with Gasteiger partial charge < -0.3 is 19.8 Å². The zero-order valence-electron chi connectivity index (χ0n) is 18.3. The van der Waals surface area contributed by atoms with Crippen molar-refractivity contribution in [2.75, 3.05) is 20.3 Å². The number of ether oxygens (including phenoxy) is 1. The lowest BCUT2D eigenvalue weighted by Crippen LogP contribution is -2.42. The van der Waals surface area contributed by atoms with Crippen LogP contribution in [0.4, 0.5) is 0 Å². The quantitative estimate of drug-likeness (QED) is 0.697. The number of hydrogen-bond donors (Lipinski definition) is 2. The van der Waals surface area contributed by atoms with E-state index in [2.05, 4.69) is 10.6 Å². The van der Waals surface area contributed by atoms with Crippen LogP contribution >= 0.6 is 0 Å². The number of carbonyl (C=O) groups excluding carboxylic acids is 2. The van der Waals surface area contributed by atoms with E-state index in [1.807, 2.05) is 6.07 Å². The van der Waals surface area contributed by atoms with Crippen molar-refractivity contribution in [3.05, 3.63) is 47.7 Å². The number of rotatable bonds is 7. The molecule has 0 spiro atoms. The summed E-state index contributed by atoms with van der Waals surface area (Å²) in [5.74, 6) is -0.170. The van der Waals surface area contributed by atoms with E-state index in [0.717, 1.165) is 5.56 Å². The lowest BCUT2D eigenvalue weighted by molar-refractivity contribution is -0.121. The molecule has 0 radical (unpaired) electrons. The number of hydrogen-bond acceptors (Lipinski definition) is 5. The maximum atomic E-state index is 12.1. The Hall–Kier alpha value is -3.11. The van der Waals surface area contributed by atoms with Crippen molar-refractivity contribution in [1.29, 1.82) is 5.26 Å². The summed E-state index contributed by atoms with van der Waals surface area (Å²) in [7, 11) is 1.55. The molecule has 1 fully saturated rings. The van der Waals surface area contributed by atoms with Gasteiger partial charge in [0.05, 0.1) is 24.8 Å². The second-order valence-corrected chi connectivity index (χ2v) is 7.58. The molecule has 7 heteroatoms. The molecular formula is C24H31N3O4. The fraction of sp³-hybridized carbons (Fsp3) is 0.458. The summed E-state index contributed by atoms with van der Waals surface area (Å²) in [6.45, 7) is 2.05. The summed E-state index contributed by atoms with van der Waals surface area (Å²) >= 11 is 0. The van der Waals surface area contributed by atoms with E-state index in [-0.39, 0.29) is 24.3 Å². The number of nitrogens with one attached hydrogen (secondary N) is 2. The van der Waals surface area contributed by atoms with Crippen LogP contribution < -0.4 is 10.6 Å². The first-order valence-corrected chi connectivity index (χ1v) is 10.7. The Balaban J connectivity index is 0.000000488. The molecule has 1 aromatic heterocycles. The predicted molar refractivity (Wildman–Crippen MR) is 118 cm³/mol. The SMILES string of the molecule is C1CCCCC1.COCC(C)NC(=O)CNC(=O)c1ccc(-c2ccc(C#N)cc2)o1. The van der Waals surface area contributed by atoms with Gasteiger partial charge >= 0.3 is 0 Å². The van der Waals surface area contributed by atoms with Gasteiger partial charge in [0.25, 0.3) is 5.91 Å². The number of amides is 2. The minimum absolute atomic E-state index is 0.108. The third kappa shape index (κ3) is 8.65. The molecule has 1 heterocycles. The van der Waals surface area contributed by atoms with Gasteiger partial charge in [0.15, 0.2) is 5.76 Å². The van der Waals surface area contributed by atoms with Crippen LogP contribution in [0.25, 0.3) is 11.3 Å². The Kier molecular flexibility index (Phi) is 10.3. The summed E-state index contributed by atoms with van der Waals surface area (Å²) in [6.07, 6.45) is 9.00. The van der Waals surface area contributed by atoms with Crippen molar-refractivity contribution in [3.8, 4) is 17.4 Å². The number of furan rings is 1. The van der Waals surface area contributed by atoms with Gasteiger partial charge in [-0.15, -0.1) is 0 Å². The van der Waals surface area contributed by atoms with Gasteiger partial charge in [0.1, 0.15) is 5.76 Å². The normalized spacial score (nSPS) is 13.8. The molecule has 0 saturated heterocycles. The van der Waals surface area contributed by atoms with Crippen LogP contribution in [0.2, 0.25) is 0 Å². The molecule has 2 N–H and O–H groups in total. The molecule has 1 aromatic carbocycles. The first kappa shape index (κ1) is 24.2. The maximum absolute atomic E-state index is 12.1. The molecule has 1 unspecified atom stereocenters. The van der Waals surface area contributed by atoms with Crippen LogP contribution in [0.15, 0.2) is 40.8 Å². The lowest BCUT2D eigenvalue weighted by Gasteiger charge is -2.12. The highest BCUT2D eigenvalue weighted by Crippen LogP contribution is 2.22. The second kappa shape index (κ2) is 13.2. The van der Waals surface area contributed by atoms with Crippen molar-refractivity contribution in [1.82, 2.24) is 10.6 Å². The molecule has 31 heavy (non-hydrogen) atoms. The van der Waals surface area contributed by atoms with Gasteiger partial charge in [-0.05, 0) is 43.3 Å². The van der Waals surface area contributed by atoms with Gasteiger partial charge in [0, 0.05) is 18.7 Å². The highest BCUT2D eigenvalue weighted by Gasteiger charge is 2.14. The molecule has 1 aliphatic rings. The Morgan fingerprint density at radius 3 is 2.23 bits per heavy atom. The van der Waals surface area contributed by atoms with Gasteiger partial charge in [0.2, 0.25) is 5.91 Å². The molecule has 3 rings (SSSR count). The van der Waals surface area contributed by atoms with Crippen LogP contribution in [-0.2, 0) is 9.53 Å². The highest BCUT2D eigenvalue weighted by atomic mass is 16.5. The van der Waals surface area contributed by atoms with Gasteiger partial charge in [-0.3, -0.25) is 9.59 Å². The zero-order valence-corrected chi connectivity index (χ0v) is 18.3. The maximum Gasteiger partial charge on any atom is 0.287 e. The van der Waals surface area contributed by atoms with Crippen molar-refractivity contribution in [3.63, 3.8) is 0 Å². The second-order valence-electron chi connectivity index (χ2n) is 7.58. The average molecular weight is 426 g/mol. The summed E-state index contributed by atoms with van der Waals surface area (Å²) in [5, 5.41) is 14.0. The Labute approximate surface area is 183 Å². The minimum atomic E-state index is -0.477. The fourth-order valence-electron chi connectivity index (χ4n) is 3.25. The van der Waals surface area contributed by atoms with E-state index in [1.54, 1.807) is 44.4 Å². The van der Waals surface area contributed by atoms with Crippen molar-refractivity contribution in [2.24, 2.45) is 0 Å². The van der Waals surface area contributed by atoms with Crippen LogP contribution in [0.3, 0.4) is 0 Å². The largest absolute Gasteiger partial charge is 0.451 e. The summed E-state index contributed by atoms with van der Waals surface area (Å²) in [4.78, 5) is 23.8. The van der Waals surface area contributed by atoms with Crippen molar-refractivity contribution < 1.29 is 18.7 Å². The molecule has 2 amide bonds. The van der Waals surface area contributed by atoms with Crippen molar-refractivity contribution >= 4 is 11.8 Å². The van der Waals surface area contributed by atoms with Gasteiger partial charge in [-0.2, -0.15) is 5.26 Å². The Bertz CT molecular complexity index is 852.